The average molecular weight is 291 g/mol. The zero-order valence-electron chi connectivity index (χ0n) is 8.52. The van der Waals surface area contributed by atoms with Crippen LogP contribution in [0.2, 0.25) is 0 Å². The first-order valence-corrected chi connectivity index (χ1v) is 6.03. The second-order valence-electron chi connectivity index (χ2n) is 3.61. The van der Waals surface area contributed by atoms with Gasteiger partial charge in [-0.05, 0) is 65.4 Å². The van der Waals surface area contributed by atoms with Gasteiger partial charge in [-0.15, -0.1) is 0 Å². The molecule has 0 bridgehead atoms. The number of piperidine rings is 1. The molecule has 1 nitrogen and oxygen atoms in total. The molecule has 1 aliphatic rings. The topological polar surface area (TPSA) is 3.24 Å². The lowest BCUT2D eigenvalue weighted by Gasteiger charge is -2.29. The van der Waals surface area contributed by atoms with Gasteiger partial charge >= 0.3 is 0 Å². The summed E-state index contributed by atoms with van der Waals surface area (Å²) in [4.78, 5) is 2.49. The summed E-state index contributed by atoms with van der Waals surface area (Å²) in [7, 11) is 0. The third-order valence-electron chi connectivity index (χ3n) is 2.41. The van der Waals surface area contributed by atoms with Crippen molar-refractivity contribution >= 4 is 22.6 Å². The van der Waals surface area contributed by atoms with Gasteiger partial charge in [0.05, 0.1) is 0 Å². The molecule has 0 radical (unpaired) electrons. The Balaban J connectivity index is 2.49. The Labute approximate surface area is 95.0 Å². The van der Waals surface area contributed by atoms with Crippen LogP contribution in [0.25, 0.3) is 0 Å². The lowest BCUT2D eigenvalue weighted by atomic mass is 10.1. The molecular weight excluding hydrogens is 273 g/mol. The Morgan fingerprint density at radius 3 is 2.23 bits per heavy atom. The van der Waals surface area contributed by atoms with Gasteiger partial charge in [-0.2, -0.15) is 0 Å². The molecule has 0 aromatic carbocycles. The Morgan fingerprint density at radius 2 is 1.69 bits per heavy atom. The fourth-order valence-electron chi connectivity index (χ4n) is 1.59. The summed E-state index contributed by atoms with van der Waals surface area (Å²) in [6.45, 7) is 6.83. The zero-order chi connectivity index (χ0) is 9.68. The van der Waals surface area contributed by atoms with E-state index in [1.54, 1.807) is 0 Å². The van der Waals surface area contributed by atoms with Gasteiger partial charge in [0.25, 0.3) is 0 Å². The lowest BCUT2D eigenvalue weighted by Crippen LogP contribution is -2.27. The number of halogens is 1. The first kappa shape index (κ1) is 11.1. The SMILES string of the molecule is C/C(I)=C\C=C(/C)N1CCCCC1. The summed E-state index contributed by atoms with van der Waals surface area (Å²) in [6, 6.07) is 0. The molecule has 0 spiro atoms. The van der Waals surface area contributed by atoms with Gasteiger partial charge < -0.3 is 4.90 Å². The second kappa shape index (κ2) is 5.68. The van der Waals surface area contributed by atoms with Crippen molar-refractivity contribution in [3.8, 4) is 0 Å². The van der Waals surface area contributed by atoms with Crippen LogP contribution in [0.15, 0.2) is 21.4 Å². The van der Waals surface area contributed by atoms with Crippen molar-refractivity contribution in [2.45, 2.75) is 33.1 Å². The third kappa shape index (κ3) is 4.16. The highest BCUT2D eigenvalue weighted by atomic mass is 127. The van der Waals surface area contributed by atoms with Crippen LogP contribution in [0.4, 0.5) is 0 Å². The van der Waals surface area contributed by atoms with Crippen molar-refractivity contribution in [3.05, 3.63) is 21.4 Å². The van der Waals surface area contributed by atoms with E-state index in [9.17, 15) is 0 Å². The molecule has 1 heterocycles. The van der Waals surface area contributed by atoms with Crippen molar-refractivity contribution < 1.29 is 0 Å². The van der Waals surface area contributed by atoms with Crippen molar-refractivity contribution in [2.75, 3.05) is 13.1 Å². The van der Waals surface area contributed by atoms with Crippen LogP contribution in [-0.4, -0.2) is 18.0 Å². The molecule has 1 fully saturated rings. The minimum atomic E-state index is 1.25. The van der Waals surface area contributed by atoms with Gasteiger partial charge in [0.2, 0.25) is 0 Å². The molecule has 1 aliphatic heterocycles. The van der Waals surface area contributed by atoms with Crippen molar-refractivity contribution in [3.63, 3.8) is 0 Å². The van der Waals surface area contributed by atoms with E-state index in [0.29, 0.717) is 0 Å². The van der Waals surface area contributed by atoms with E-state index in [1.165, 1.54) is 41.6 Å². The van der Waals surface area contributed by atoms with E-state index in [4.69, 9.17) is 0 Å². The largest absolute Gasteiger partial charge is 0.375 e. The molecule has 1 rings (SSSR count). The Hall–Kier alpha value is 0.01000. The fourth-order valence-corrected chi connectivity index (χ4v) is 1.77. The van der Waals surface area contributed by atoms with Gasteiger partial charge in [0, 0.05) is 18.8 Å². The van der Waals surface area contributed by atoms with Crippen LogP contribution < -0.4 is 0 Å². The van der Waals surface area contributed by atoms with Crippen LogP contribution in [0, 0.1) is 0 Å². The number of allylic oxidation sites excluding steroid dienone is 4. The molecule has 0 N–H and O–H groups in total. The quantitative estimate of drug-likeness (QED) is 0.553. The van der Waals surface area contributed by atoms with Gasteiger partial charge in [-0.1, -0.05) is 6.08 Å². The normalized spacial score (nSPS) is 20.7. The highest BCUT2D eigenvalue weighted by molar-refractivity contribution is 14.1. The molecular formula is C11H18IN. The summed E-state index contributed by atoms with van der Waals surface area (Å²) in [5.74, 6) is 0. The van der Waals surface area contributed by atoms with Crippen molar-refractivity contribution in [2.24, 2.45) is 0 Å². The van der Waals surface area contributed by atoms with Gasteiger partial charge in [0.15, 0.2) is 0 Å². The van der Waals surface area contributed by atoms with E-state index in [0.717, 1.165) is 0 Å². The highest BCUT2D eigenvalue weighted by Crippen LogP contribution is 2.14. The maximum atomic E-state index is 2.49. The smallest absolute Gasteiger partial charge is 0.0174 e. The molecule has 2 heteroatoms. The number of hydrogen-bond donors (Lipinski definition) is 0. The highest BCUT2D eigenvalue weighted by Gasteiger charge is 2.08. The molecule has 1 saturated heterocycles. The molecule has 13 heavy (non-hydrogen) atoms. The van der Waals surface area contributed by atoms with Gasteiger partial charge in [0.1, 0.15) is 0 Å². The lowest BCUT2D eigenvalue weighted by molar-refractivity contribution is 0.286. The summed E-state index contributed by atoms with van der Waals surface area (Å²) in [6.07, 6.45) is 8.54. The minimum Gasteiger partial charge on any atom is -0.375 e. The number of rotatable bonds is 2. The summed E-state index contributed by atoms with van der Waals surface area (Å²) < 4.78 is 1.34. The predicted molar refractivity (Wildman–Crippen MR) is 67.0 cm³/mol. The number of likely N-dealkylation sites (tertiary alicyclic amines) is 1. The van der Waals surface area contributed by atoms with Gasteiger partial charge in [-0.3, -0.25) is 0 Å². The molecule has 0 amide bonds. The maximum absolute atomic E-state index is 2.49. The predicted octanol–water partition coefficient (Wildman–Crippen LogP) is 3.71. The minimum absolute atomic E-state index is 1.25. The molecule has 74 valence electrons. The standard InChI is InChI=1S/C11H18IN/c1-10(12)6-7-11(2)13-8-4-3-5-9-13/h6-7H,3-5,8-9H2,1-2H3/b10-6+,11-7+. The summed E-state index contributed by atoms with van der Waals surface area (Å²) >= 11 is 2.34. The van der Waals surface area contributed by atoms with E-state index < -0.39 is 0 Å². The Bertz CT molecular complexity index is 208. The molecule has 0 unspecified atom stereocenters. The van der Waals surface area contributed by atoms with Crippen LogP contribution in [0.1, 0.15) is 33.1 Å². The number of hydrogen-bond acceptors (Lipinski definition) is 1. The summed E-state index contributed by atoms with van der Waals surface area (Å²) in [5.41, 5.74) is 1.41. The van der Waals surface area contributed by atoms with E-state index >= 15 is 0 Å². The zero-order valence-corrected chi connectivity index (χ0v) is 10.7. The van der Waals surface area contributed by atoms with Crippen LogP contribution >= 0.6 is 22.6 Å². The van der Waals surface area contributed by atoms with Crippen LogP contribution in [0.3, 0.4) is 0 Å². The van der Waals surface area contributed by atoms with Crippen molar-refractivity contribution in [1.82, 2.24) is 4.90 Å². The average Bonchev–Trinajstić information content (AvgIpc) is 2.15. The van der Waals surface area contributed by atoms with Crippen LogP contribution in [-0.2, 0) is 0 Å². The van der Waals surface area contributed by atoms with Crippen LogP contribution in [0.5, 0.6) is 0 Å². The third-order valence-corrected chi connectivity index (χ3v) is 2.77. The maximum Gasteiger partial charge on any atom is 0.0174 e. The van der Waals surface area contributed by atoms with Crippen molar-refractivity contribution in [1.29, 1.82) is 0 Å². The first-order valence-electron chi connectivity index (χ1n) is 4.96. The molecule has 0 aliphatic carbocycles. The van der Waals surface area contributed by atoms with E-state index in [-0.39, 0.29) is 0 Å². The molecule has 0 aromatic rings. The summed E-state index contributed by atoms with van der Waals surface area (Å²) in [5, 5.41) is 0. The number of nitrogens with zero attached hydrogens (tertiary/aromatic N) is 1. The molecule has 0 atom stereocenters. The molecule has 0 aromatic heterocycles. The monoisotopic (exact) mass is 291 g/mol. The fraction of sp³-hybridized carbons (Fsp3) is 0.636. The van der Waals surface area contributed by atoms with E-state index in [2.05, 4.69) is 53.5 Å². The van der Waals surface area contributed by atoms with E-state index in [1.807, 2.05) is 0 Å². The second-order valence-corrected chi connectivity index (χ2v) is 5.31. The molecule has 0 saturated carbocycles. The Kier molecular flexibility index (Phi) is 4.84. The van der Waals surface area contributed by atoms with Gasteiger partial charge in [-0.25, -0.2) is 0 Å². The Morgan fingerprint density at radius 1 is 1.08 bits per heavy atom. The first-order chi connectivity index (χ1) is 6.20.